The molecular formula is C22H23N3O5. The van der Waals surface area contributed by atoms with Crippen LogP contribution in [0.5, 0.6) is 17.2 Å². The van der Waals surface area contributed by atoms with Gasteiger partial charge in [0.1, 0.15) is 34.8 Å². The first-order valence-electron chi connectivity index (χ1n) is 10.0. The zero-order valence-corrected chi connectivity index (χ0v) is 17.0. The zero-order valence-electron chi connectivity index (χ0n) is 17.0. The van der Waals surface area contributed by atoms with E-state index in [4.69, 9.17) is 14.2 Å². The van der Waals surface area contributed by atoms with Crippen molar-refractivity contribution in [3.05, 3.63) is 41.6 Å². The van der Waals surface area contributed by atoms with Crippen molar-refractivity contribution < 1.29 is 23.8 Å². The Kier molecular flexibility index (Phi) is 4.13. The third-order valence-corrected chi connectivity index (χ3v) is 5.34. The number of ether oxygens (including phenoxy) is 3. The fourth-order valence-electron chi connectivity index (χ4n) is 4.00. The number of fused-ring (bicyclic) bond motifs is 4. The second-order valence-electron chi connectivity index (χ2n) is 8.77. The molecule has 0 radical (unpaired) electrons. The number of carbonyl (C=O) groups excluding carboxylic acids is 2. The molecule has 1 aliphatic carbocycles. The first kappa shape index (κ1) is 18.7. The van der Waals surface area contributed by atoms with Crippen LogP contribution in [0.1, 0.15) is 44.2 Å². The second-order valence-corrected chi connectivity index (χ2v) is 8.77. The predicted octanol–water partition coefficient (Wildman–Crippen LogP) is 3.51. The van der Waals surface area contributed by atoms with Crippen molar-refractivity contribution in [3.8, 4) is 17.2 Å². The highest BCUT2D eigenvalue weighted by atomic mass is 16.6. The number of benzene rings is 1. The summed E-state index contributed by atoms with van der Waals surface area (Å²) in [5.74, 6) is 2.76. The predicted molar refractivity (Wildman–Crippen MR) is 108 cm³/mol. The van der Waals surface area contributed by atoms with E-state index in [2.05, 4.69) is 15.6 Å². The second kappa shape index (κ2) is 6.62. The highest BCUT2D eigenvalue weighted by molar-refractivity contribution is 5.93. The van der Waals surface area contributed by atoms with Crippen LogP contribution >= 0.6 is 0 Å². The third-order valence-electron chi connectivity index (χ3n) is 5.34. The van der Waals surface area contributed by atoms with Gasteiger partial charge in [0.25, 0.3) is 0 Å². The van der Waals surface area contributed by atoms with E-state index < -0.39 is 11.7 Å². The molecule has 2 aliphatic heterocycles. The van der Waals surface area contributed by atoms with Gasteiger partial charge in [-0.05, 0) is 51.5 Å². The SMILES string of the molecule is CC(C)(C)OC(=O)N[C@@H]1[C@H]2Oc3ccc(Oc4ccnc5c4CCC(=O)N5)cc3[C@@H]12. The Labute approximate surface area is 173 Å². The molecule has 0 unspecified atom stereocenters. The van der Waals surface area contributed by atoms with Gasteiger partial charge in [-0.3, -0.25) is 4.79 Å². The molecule has 1 saturated carbocycles. The van der Waals surface area contributed by atoms with Gasteiger partial charge >= 0.3 is 6.09 Å². The number of aromatic nitrogens is 1. The Hall–Kier alpha value is -3.29. The van der Waals surface area contributed by atoms with Gasteiger partial charge in [-0.25, -0.2) is 9.78 Å². The van der Waals surface area contributed by atoms with E-state index in [1.165, 1.54) is 0 Å². The maximum absolute atomic E-state index is 12.1. The Morgan fingerprint density at radius 2 is 2.10 bits per heavy atom. The van der Waals surface area contributed by atoms with Gasteiger partial charge in [0.2, 0.25) is 5.91 Å². The molecule has 2 aromatic rings. The van der Waals surface area contributed by atoms with Crippen LogP contribution in [-0.2, 0) is 16.0 Å². The molecule has 1 aromatic heterocycles. The Bertz CT molecular complexity index is 1050. The van der Waals surface area contributed by atoms with Crippen LogP contribution in [-0.4, -0.2) is 34.7 Å². The molecule has 3 atom stereocenters. The van der Waals surface area contributed by atoms with Crippen molar-refractivity contribution in [2.24, 2.45) is 0 Å². The van der Waals surface area contributed by atoms with Gasteiger partial charge in [0.15, 0.2) is 0 Å². The number of anilines is 1. The number of pyridine rings is 1. The van der Waals surface area contributed by atoms with Gasteiger partial charge in [0.05, 0.1) is 12.0 Å². The molecule has 8 heteroatoms. The molecule has 1 aromatic carbocycles. The maximum Gasteiger partial charge on any atom is 0.408 e. The van der Waals surface area contributed by atoms with Gasteiger partial charge < -0.3 is 24.8 Å². The van der Waals surface area contributed by atoms with E-state index in [9.17, 15) is 9.59 Å². The molecule has 5 rings (SSSR count). The molecule has 0 spiro atoms. The minimum atomic E-state index is -0.545. The van der Waals surface area contributed by atoms with Crippen LogP contribution in [0.3, 0.4) is 0 Å². The number of carbonyl (C=O) groups is 2. The monoisotopic (exact) mass is 409 g/mol. The average molecular weight is 409 g/mol. The standard InChI is InChI=1S/C22H23N3O5/c1-22(2,3)30-21(27)25-18-17-13-10-11(4-6-14(13)29-19(17)18)28-15-8-9-23-20-12(15)5-7-16(26)24-20/h4,6,8-10,17-19H,5,7H2,1-3H3,(H,25,27)(H,23,24,26)/t17-,18-,19-/m0/s1. The summed E-state index contributed by atoms with van der Waals surface area (Å²) in [7, 11) is 0. The summed E-state index contributed by atoms with van der Waals surface area (Å²) in [4.78, 5) is 27.9. The van der Waals surface area contributed by atoms with E-state index in [0.717, 1.165) is 16.9 Å². The molecule has 0 saturated heterocycles. The lowest BCUT2D eigenvalue weighted by Crippen LogP contribution is -2.36. The van der Waals surface area contributed by atoms with E-state index in [1.807, 2.05) is 39.0 Å². The largest absolute Gasteiger partial charge is 0.487 e. The first-order chi connectivity index (χ1) is 14.3. The van der Waals surface area contributed by atoms with E-state index >= 15 is 0 Å². The van der Waals surface area contributed by atoms with Crippen molar-refractivity contribution in [2.75, 3.05) is 5.32 Å². The molecule has 8 nitrogen and oxygen atoms in total. The fourth-order valence-corrected chi connectivity index (χ4v) is 4.00. The number of hydrogen-bond acceptors (Lipinski definition) is 6. The molecule has 2 amide bonds. The van der Waals surface area contributed by atoms with E-state index in [0.29, 0.717) is 30.2 Å². The molecule has 1 fully saturated rings. The minimum Gasteiger partial charge on any atom is -0.487 e. The van der Waals surface area contributed by atoms with Crippen LogP contribution in [0, 0.1) is 0 Å². The summed E-state index contributed by atoms with van der Waals surface area (Å²) in [6, 6.07) is 7.38. The molecule has 0 bridgehead atoms. The lowest BCUT2D eigenvalue weighted by Gasteiger charge is -2.20. The van der Waals surface area contributed by atoms with Gasteiger partial charge in [-0.2, -0.15) is 0 Å². The molecule has 2 N–H and O–H groups in total. The lowest BCUT2D eigenvalue weighted by atomic mass is 10.1. The quantitative estimate of drug-likeness (QED) is 0.805. The summed E-state index contributed by atoms with van der Waals surface area (Å²) in [6.07, 6.45) is 2.10. The molecule has 156 valence electrons. The molecule has 3 aliphatic rings. The van der Waals surface area contributed by atoms with Crippen molar-refractivity contribution >= 4 is 17.8 Å². The van der Waals surface area contributed by atoms with Crippen molar-refractivity contribution in [1.29, 1.82) is 0 Å². The van der Waals surface area contributed by atoms with Gasteiger partial charge in [0, 0.05) is 23.7 Å². The van der Waals surface area contributed by atoms with Crippen molar-refractivity contribution in [3.63, 3.8) is 0 Å². The van der Waals surface area contributed by atoms with Gasteiger partial charge in [-0.1, -0.05) is 0 Å². The topological polar surface area (TPSA) is 98.8 Å². The third kappa shape index (κ3) is 3.42. The first-order valence-corrected chi connectivity index (χ1v) is 10.0. The number of nitrogens with zero attached hydrogens (tertiary/aromatic N) is 1. The number of nitrogens with one attached hydrogen (secondary N) is 2. The van der Waals surface area contributed by atoms with Crippen LogP contribution in [0.15, 0.2) is 30.5 Å². The Morgan fingerprint density at radius 1 is 1.27 bits per heavy atom. The molecule has 30 heavy (non-hydrogen) atoms. The average Bonchev–Trinajstić information content (AvgIpc) is 3.16. The minimum absolute atomic E-state index is 0.0369. The van der Waals surface area contributed by atoms with Crippen LogP contribution in [0.2, 0.25) is 0 Å². The van der Waals surface area contributed by atoms with Crippen LogP contribution in [0.4, 0.5) is 10.6 Å². The summed E-state index contributed by atoms with van der Waals surface area (Å²) in [5.41, 5.74) is 1.36. The van der Waals surface area contributed by atoms with Crippen LogP contribution in [0.25, 0.3) is 0 Å². The summed E-state index contributed by atoms with van der Waals surface area (Å²) in [5, 5.41) is 5.67. The van der Waals surface area contributed by atoms with E-state index in [-0.39, 0.29) is 24.0 Å². The summed E-state index contributed by atoms with van der Waals surface area (Å²) < 4.78 is 17.4. The highest BCUT2D eigenvalue weighted by Crippen LogP contribution is 2.54. The zero-order chi connectivity index (χ0) is 21.0. The van der Waals surface area contributed by atoms with Gasteiger partial charge in [-0.15, -0.1) is 0 Å². The number of hydrogen-bond donors (Lipinski definition) is 2. The summed E-state index contributed by atoms with van der Waals surface area (Å²) in [6.45, 7) is 5.50. The normalized spacial score (nSPS) is 23.3. The number of rotatable bonds is 3. The van der Waals surface area contributed by atoms with E-state index in [1.54, 1.807) is 12.3 Å². The highest BCUT2D eigenvalue weighted by Gasteiger charge is 2.60. The Balaban J connectivity index is 1.31. The molecular weight excluding hydrogens is 386 g/mol. The maximum atomic E-state index is 12.1. The Morgan fingerprint density at radius 3 is 2.90 bits per heavy atom. The fraction of sp³-hybridized carbons (Fsp3) is 0.409. The summed E-state index contributed by atoms with van der Waals surface area (Å²) >= 11 is 0. The number of amides is 2. The van der Waals surface area contributed by atoms with Crippen molar-refractivity contribution in [2.45, 2.75) is 57.3 Å². The van der Waals surface area contributed by atoms with Crippen LogP contribution < -0.4 is 20.1 Å². The van der Waals surface area contributed by atoms with Crippen molar-refractivity contribution in [1.82, 2.24) is 10.3 Å². The number of alkyl carbamates (subject to hydrolysis) is 1. The lowest BCUT2D eigenvalue weighted by molar-refractivity contribution is -0.116. The smallest absolute Gasteiger partial charge is 0.408 e. The molecule has 3 heterocycles.